The van der Waals surface area contributed by atoms with Gasteiger partial charge in [0.2, 0.25) is 0 Å². The fraction of sp³-hybridized carbons (Fsp3) is 0. The number of phenols is 3. The molecule has 0 aliphatic rings. The summed E-state index contributed by atoms with van der Waals surface area (Å²) in [7, 11) is 0. The maximum atomic E-state index is 11.7. The Bertz CT molecular complexity index is 630. The van der Waals surface area contributed by atoms with Gasteiger partial charge < -0.3 is 15.3 Å². The standard InChI is InChI=1S/C14H12N2O4/c17-11-6-10(7-12(18)13(11)19)14(20)16-15-8-9-4-2-1-3-5-9/h1-8,17-19H,(H,16,20)/b15-8+. The Balaban J connectivity index is 2.08. The summed E-state index contributed by atoms with van der Waals surface area (Å²) in [6, 6.07) is 11.2. The van der Waals surface area contributed by atoms with Gasteiger partial charge >= 0.3 is 0 Å². The van der Waals surface area contributed by atoms with Crippen molar-refractivity contribution in [1.29, 1.82) is 0 Å². The van der Waals surface area contributed by atoms with Gasteiger partial charge in [-0.1, -0.05) is 30.3 Å². The van der Waals surface area contributed by atoms with Crippen molar-refractivity contribution < 1.29 is 20.1 Å². The number of hydrogen-bond acceptors (Lipinski definition) is 5. The van der Waals surface area contributed by atoms with Gasteiger partial charge in [0.15, 0.2) is 17.2 Å². The van der Waals surface area contributed by atoms with Gasteiger partial charge in [0.25, 0.3) is 5.91 Å². The molecule has 2 aromatic carbocycles. The van der Waals surface area contributed by atoms with Crippen LogP contribution in [0.3, 0.4) is 0 Å². The maximum Gasteiger partial charge on any atom is 0.271 e. The lowest BCUT2D eigenvalue weighted by Gasteiger charge is -2.04. The van der Waals surface area contributed by atoms with Crippen LogP contribution in [-0.4, -0.2) is 27.4 Å². The number of phenolic OH excluding ortho intramolecular Hbond substituents is 3. The molecule has 0 saturated heterocycles. The first-order chi connectivity index (χ1) is 9.58. The lowest BCUT2D eigenvalue weighted by Crippen LogP contribution is -2.17. The number of rotatable bonds is 3. The Labute approximate surface area is 114 Å². The predicted molar refractivity (Wildman–Crippen MR) is 72.9 cm³/mol. The number of benzene rings is 2. The van der Waals surface area contributed by atoms with Crippen LogP contribution in [0.2, 0.25) is 0 Å². The predicted octanol–water partition coefficient (Wildman–Crippen LogP) is 1.57. The van der Waals surface area contributed by atoms with Crippen molar-refractivity contribution in [3.63, 3.8) is 0 Å². The van der Waals surface area contributed by atoms with E-state index in [1.807, 2.05) is 30.3 Å². The lowest BCUT2D eigenvalue weighted by atomic mass is 10.2. The zero-order chi connectivity index (χ0) is 14.5. The van der Waals surface area contributed by atoms with Crippen molar-refractivity contribution >= 4 is 12.1 Å². The minimum atomic E-state index is -0.672. The van der Waals surface area contributed by atoms with E-state index in [1.165, 1.54) is 6.21 Å². The monoisotopic (exact) mass is 272 g/mol. The van der Waals surface area contributed by atoms with E-state index in [-0.39, 0.29) is 5.56 Å². The molecular formula is C14H12N2O4. The van der Waals surface area contributed by atoms with Gasteiger partial charge in [0, 0.05) is 5.56 Å². The van der Waals surface area contributed by atoms with Gasteiger partial charge in [-0.15, -0.1) is 0 Å². The zero-order valence-electron chi connectivity index (χ0n) is 10.3. The van der Waals surface area contributed by atoms with Crippen molar-refractivity contribution in [1.82, 2.24) is 5.43 Å². The number of carbonyl (C=O) groups excluding carboxylic acids is 1. The highest BCUT2D eigenvalue weighted by Gasteiger charge is 2.12. The third-order valence-electron chi connectivity index (χ3n) is 2.51. The van der Waals surface area contributed by atoms with Gasteiger partial charge in [-0.25, -0.2) is 5.43 Å². The highest BCUT2D eigenvalue weighted by Crippen LogP contribution is 2.35. The lowest BCUT2D eigenvalue weighted by molar-refractivity contribution is 0.0954. The van der Waals surface area contributed by atoms with E-state index in [0.717, 1.165) is 17.7 Å². The maximum absolute atomic E-state index is 11.7. The number of amides is 1. The Kier molecular flexibility index (Phi) is 3.85. The summed E-state index contributed by atoms with van der Waals surface area (Å²) in [5.41, 5.74) is 3.03. The minimum Gasteiger partial charge on any atom is -0.504 e. The quantitative estimate of drug-likeness (QED) is 0.387. The molecule has 0 spiro atoms. The van der Waals surface area contributed by atoms with Crippen LogP contribution in [0.15, 0.2) is 47.6 Å². The van der Waals surface area contributed by atoms with Gasteiger partial charge in [-0.05, 0) is 17.7 Å². The number of nitrogens with one attached hydrogen (secondary N) is 1. The molecule has 1 amide bonds. The molecular weight excluding hydrogens is 260 g/mol. The first-order valence-electron chi connectivity index (χ1n) is 5.71. The molecule has 0 aliphatic heterocycles. The van der Waals surface area contributed by atoms with E-state index in [9.17, 15) is 20.1 Å². The molecule has 0 aliphatic carbocycles. The van der Waals surface area contributed by atoms with E-state index in [4.69, 9.17) is 0 Å². The van der Waals surface area contributed by atoms with E-state index in [0.29, 0.717) is 0 Å². The number of aromatic hydroxyl groups is 3. The normalized spacial score (nSPS) is 10.6. The highest BCUT2D eigenvalue weighted by atomic mass is 16.3. The minimum absolute atomic E-state index is 0.0250. The molecule has 0 aromatic heterocycles. The second-order valence-electron chi connectivity index (χ2n) is 3.97. The number of carbonyl (C=O) groups is 1. The van der Waals surface area contributed by atoms with Crippen LogP contribution in [0.1, 0.15) is 15.9 Å². The molecule has 20 heavy (non-hydrogen) atoms. The molecule has 0 saturated carbocycles. The molecule has 0 unspecified atom stereocenters. The third-order valence-corrected chi connectivity index (χ3v) is 2.51. The van der Waals surface area contributed by atoms with Crippen LogP contribution in [0.25, 0.3) is 0 Å². The van der Waals surface area contributed by atoms with Gasteiger partial charge in [0.1, 0.15) is 0 Å². The summed E-state index contributed by atoms with van der Waals surface area (Å²) < 4.78 is 0. The van der Waals surface area contributed by atoms with Gasteiger partial charge in [-0.2, -0.15) is 5.10 Å². The van der Waals surface area contributed by atoms with E-state index in [1.54, 1.807) is 0 Å². The molecule has 0 heterocycles. The average Bonchev–Trinajstić information content (AvgIpc) is 2.45. The molecule has 0 fully saturated rings. The fourth-order valence-electron chi connectivity index (χ4n) is 1.50. The van der Waals surface area contributed by atoms with Crippen molar-refractivity contribution in [2.24, 2.45) is 5.10 Å². The van der Waals surface area contributed by atoms with Crippen LogP contribution in [0, 0.1) is 0 Å². The molecule has 0 bridgehead atoms. The van der Waals surface area contributed by atoms with Crippen LogP contribution in [0.5, 0.6) is 17.2 Å². The van der Waals surface area contributed by atoms with Gasteiger partial charge in [0.05, 0.1) is 6.21 Å². The molecule has 4 N–H and O–H groups in total. The van der Waals surface area contributed by atoms with E-state index >= 15 is 0 Å². The highest BCUT2D eigenvalue weighted by molar-refractivity contribution is 5.96. The zero-order valence-corrected chi connectivity index (χ0v) is 10.3. The van der Waals surface area contributed by atoms with Crippen LogP contribution >= 0.6 is 0 Å². The first kappa shape index (κ1) is 13.4. The molecule has 102 valence electrons. The molecule has 2 aromatic rings. The molecule has 2 rings (SSSR count). The number of nitrogens with zero attached hydrogens (tertiary/aromatic N) is 1. The summed E-state index contributed by atoms with van der Waals surface area (Å²) in [4.78, 5) is 11.7. The topological polar surface area (TPSA) is 102 Å². The largest absolute Gasteiger partial charge is 0.504 e. The molecule has 6 heteroatoms. The van der Waals surface area contributed by atoms with Crippen molar-refractivity contribution in [2.45, 2.75) is 0 Å². The molecule has 0 radical (unpaired) electrons. The second-order valence-corrected chi connectivity index (χ2v) is 3.97. The number of hydrazone groups is 1. The Morgan fingerprint density at radius 1 is 1.05 bits per heavy atom. The van der Waals surface area contributed by atoms with Crippen molar-refractivity contribution in [3.8, 4) is 17.2 Å². The fourth-order valence-corrected chi connectivity index (χ4v) is 1.50. The summed E-state index contributed by atoms with van der Waals surface area (Å²) in [5.74, 6) is -2.46. The third kappa shape index (κ3) is 3.05. The smallest absolute Gasteiger partial charge is 0.271 e. The summed E-state index contributed by atoms with van der Waals surface area (Å²) in [6.07, 6.45) is 1.46. The van der Waals surface area contributed by atoms with Crippen molar-refractivity contribution in [3.05, 3.63) is 53.6 Å². The Morgan fingerprint density at radius 3 is 2.25 bits per heavy atom. The SMILES string of the molecule is O=C(N/N=C/c1ccccc1)c1cc(O)c(O)c(O)c1. The Hall–Kier alpha value is -3.02. The van der Waals surface area contributed by atoms with Crippen molar-refractivity contribution in [2.75, 3.05) is 0 Å². The Morgan fingerprint density at radius 2 is 1.65 bits per heavy atom. The van der Waals surface area contributed by atoms with Crippen LogP contribution in [-0.2, 0) is 0 Å². The number of hydrogen-bond donors (Lipinski definition) is 4. The van der Waals surface area contributed by atoms with Gasteiger partial charge in [-0.3, -0.25) is 4.79 Å². The average molecular weight is 272 g/mol. The summed E-state index contributed by atoms with van der Waals surface area (Å²) >= 11 is 0. The van der Waals surface area contributed by atoms with Crippen LogP contribution < -0.4 is 5.43 Å². The molecule has 6 nitrogen and oxygen atoms in total. The van der Waals surface area contributed by atoms with E-state index < -0.39 is 23.2 Å². The van der Waals surface area contributed by atoms with E-state index in [2.05, 4.69) is 10.5 Å². The first-order valence-corrected chi connectivity index (χ1v) is 5.71. The second kappa shape index (κ2) is 5.75. The molecule has 0 atom stereocenters. The van der Waals surface area contributed by atoms with Crippen LogP contribution in [0.4, 0.5) is 0 Å². The summed E-state index contributed by atoms with van der Waals surface area (Å²) in [6.45, 7) is 0. The summed E-state index contributed by atoms with van der Waals surface area (Å²) in [5, 5.41) is 31.5.